The third kappa shape index (κ3) is 6.92. The Kier molecular flexibility index (Phi) is 6.39. The number of rotatable bonds is 4. The molecule has 0 heterocycles. The lowest BCUT2D eigenvalue weighted by atomic mass is 10.4. The van der Waals surface area contributed by atoms with Crippen LogP contribution in [0.2, 0.25) is 0 Å². The van der Waals surface area contributed by atoms with Gasteiger partial charge in [0.1, 0.15) is 0 Å². The van der Waals surface area contributed by atoms with Crippen molar-refractivity contribution in [1.82, 2.24) is 10.6 Å². The summed E-state index contributed by atoms with van der Waals surface area (Å²) in [7, 11) is 2.77. The Labute approximate surface area is 76.6 Å². The zero-order chi connectivity index (χ0) is 10.1. The van der Waals surface area contributed by atoms with Crippen LogP contribution in [0.3, 0.4) is 0 Å². The number of hydrogen-bond acceptors (Lipinski definition) is 4. The van der Waals surface area contributed by atoms with E-state index in [0.717, 1.165) is 0 Å². The quantitative estimate of drug-likeness (QED) is 0.486. The maximum Gasteiger partial charge on any atom is 0.507 e. The molecule has 0 rings (SSSR count). The molecule has 0 radical (unpaired) electrons. The minimum atomic E-state index is -0.708. The van der Waals surface area contributed by atoms with Crippen molar-refractivity contribution in [2.45, 2.75) is 6.42 Å². The van der Waals surface area contributed by atoms with Gasteiger partial charge in [-0.1, -0.05) is 0 Å². The third-order valence-electron chi connectivity index (χ3n) is 1.22. The molecule has 0 saturated heterocycles. The standard InChI is InChI=1S/C7H14N2O4/c1-8-6(10)9-4-3-5-13-7(11)12-2/h3-5H2,1-2H3,(H2,8,9,10). The van der Waals surface area contributed by atoms with Gasteiger partial charge < -0.3 is 20.1 Å². The van der Waals surface area contributed by atoms with Gasteiger partial charge in [0.05, 0.1) is 13.7 Å². The summed E-state index contributed by atoms with van der Waals surface area (Å²) in [5, 5.41) is 4.94. The molecule has 0 fully saturated rings. The third-order valence-corrected chi connectivity index (χ3v) is 1.22. The molecule has 0 atom stereocenters. The van der Waals surface area contributed by atoms with Gasteiger partial charge in [0.15, 0.2) is 0 Å². The number of nitrogens with one attached hydrogen (secondary N) is 2. The minimum absolute atomic E-state index is 0.233. The summed E-state index contributed by atoms with van der Waals surface area (Å²) in [6.07, 6.45) is -0.150. The van der Waals surface area contributed by atoms with Crippen LogP contribution in [0.15, 0.2) is 0 Å². The molecule has 0 bridgehead atoms. The first kappa shape index (κ1) is 11.5. The number of hydrogen-bond donors (Lipinski definition) is 2. The Morgan fingerprint density at radius 2 is 2.08 bits per heavy atom. The van der Waals surface area contributed by atoms with Gasteiger partial charge in [-0.05, 0) is 6.42 Å². The SMILES string of the molecule is CNC(=O)NCCCOC(=O)OC. The molecule has 2 N–H and O–H groups in total. The monoisotopic (exact) mass is 190 g/mol. The van der Waals surface area contributed by atoms with E-state index < -0.39 is 6.16 Å². The molecule has 0 spiro atoms. The predicted octanol–water partition coefficient (Wildman–Crippen LogP) is 0.0885. The lowest BCUT2D eigenvalue weighted by Crippen LogP contribution is -2.33. The summed E-state index contributed by atoms with van der Waals surface area (Å²) in [5.41, 5.74) is 0. The normalized spacial score (nSPS) is 8.77. The highest BCUT2D eigenvalue weighted by atomic mass is 16.7. The van der Waals surface area contributed by atoms with Crippen LogP contribution < -0.4 is 10.6 Å². The molecule has 0 aliphatic rings. The number of urea groups is 1. The van der Waals surface area contributed by atoms with Gasteiger partial charge in [-0.3, -0.25) is 0 Å². The van der Waals surface area contributed by atoms with Gasteiger partial charge in [0, 0.05) is 13.6 Å². The van der Waals surface area contributed by atoms with Gasteiger partial charge in [0.25, 0.3) is 0 Å². The molecular formula is C7H14N2O4. The van der Waals surface area contributed by atoms with Crippen molar-refractivity contribution in [3.8, 4) is 0 Å². The van der Waals surface area contributed by atoms with Gasteiger partial charge in [-0.15, -0.1) is 0 Å². The fourth-order valence-electron chi connectivity index (χ4n) is 0.577. The van der Waals surface area contributed by atoms with E-state index in [1.54, 1.807) is 0 Å². The van der Waals surface area contributed by atoms with Crippen LogP contribution in [-0.2, 0) is 9.47 Å². The van der Waals surface area contributed by atoms with Crippen molar-refractivity contribution < 1.29 is 19.1 Å². The van der Waals surface area contributed by atoms with Crippen LogP contribution in [0.1, 0.15) is 6.42 Å². The fraction of sp³-hybridized carbons (Fsp3) is 0.714. The Bertz CT molecular complexity index is 154. The molecule has 0 saturated carbocycles. The lowest BCUT2D eigenvalue weighted by Gasteiger charge is -2.04. The van der Waals surface area contributed by atoms with Crippen molar-refractivity contribution in [2.24, 2.45) is 0 Å². The predicted molar refractivity (Wildman–Crippen MR) is 45.4 cm³/mol. The van der Waals surface area contributed by atoms with Crippen LogP contribution in [0, 0.1) is 0 Å². The second-order valence-electron chi connectivity index (χ2n) is 2.16. The second-order valence-corrected chi connectivity index (χ2v) is 2.16. The molecule has 13 heavy (non-hydrogen) atoms. The second kappa shape index (κ2) is 7.20. The van der Waals surface area contributed by atoms with Gasteiger partial charge in [0.2, 0.25) is 0 Å². The number of carbonyl (C=O) groups excluding carboxylic acids is 2. The van der Waals surface area contributed by atoms with Crippen molar-refractivity contribution in [3.05, 3.63) is 0 Å². The first-order chi connectivity index (χ1) is 6.20. The zero-order valence-corrected chi connectivity index (χ0v) is 7.75. The Balaban J connectivity index is 3.17. The van der Waals surface area contributed by atoms with Crippen LogP contribution in [0.25, 0.3) is 0 Å². The average Bonchev–Trinajstić information content (AvgIpc) is 2.16. The van der Waals surface area contributed by atoms with Crippen LogP contribution in [0.5, 0.6) is 0 Å². The molecule has 0 aromatic carbocycles. The van der Waals surface area contributed by atoms with Crippen molar-refractivity contribution in [2.75, 3.05) is 27.3 Å². The molecule has 6 nitrogen and oxygen atoms in total. The largest absolute Gasteiger partial charge is 0.507 e. The highest BCUT2D eigenvalue weighted by molar-refractivity contribution is 5.73. The Morgan fingerprint density at radius 1 is 1.38 bits per heavy atom. The van der Waals surface area contributed by atoms with Crippen molar-refractivity contribution in [3.63, 3.8) is 0 Å². The van der Waals surface area contributed by atoms with Crippen LogP contribution in [0.4, 0.5) is 9.59 Å². The van der Waals surface area contributed by atoms with Crippen LogP contribution >= 0.6 is 0 Å². The topological polar surface area (TPSA) is 76.7 Å². The van der Waals surface area contributed by atoms with E-state index in [-0.39, 0.29) is 12.6 Å². The molecule has 6 heteroatoms. The van der Waals surface area contributed by atoms with E-state index in [0.29, 0.717) is 13.0 Å². The Hall–Kier alpha value is -1.46. The number of amides is 2. The first-order valence-electron chi connectivity index (χ1n) is 3.87. The van der Waals surface area contributed by atoms with E-state index in [2.05, 4.69) is 20.1 Å². The average molecular weight is 190 g/mol. The molecule has 0 aromatic heterocycles. The minimum Gasteiger partial charge on any atom is -0.438 e. The summed E-state index contributed by atoms with van der Waals surface area (Å²) >= 11 is 0. The van der Waals surface area contributed by atoms with Crippen molar-refractivity contribution in [1.29, 1.82) is 0 Å². The Morgan fingerprint density at radius 3 is 2.62 bits per heavy atom. The molecule has 0 unspecified atom stereocenters. The molecule has 0 aromatic rings. The van der Waals surface area contributed by atoms with Crippen LogP contribution in [-0.4, -0.2) is 39.5 Å². The maximum absolute atomic E-state index is 10.6. The van der Waals surface area contributed by atoms with E-state index >= 15 is 0 Å². The summed E-state index contributed by atoms with van der Waals surface area (Å²) < 4.78 is 8.81. The highest BCUT2D eigenvalue weighted by Crippen LogP contribution is 1.84. The van der Waals surface area contributed by atoms with E-state index in [1.165, 1.54) is 14.2 Å². The highest BCUT2D eigenvalue weighted by Gasteiger charge is 1.99. The van der Waals surface area contributed by atoms with E-state index in [1.807, 2.05) is 0 Å². The van der Waals surface area contributed by atoms with Gasteiger partial charge in [-0.25, -0.2) is 9.59 Å². The molecule has 0 aliphatic heterocycles. The summed E-state index contributed by atoms with van der Waals surface area (Å²) in [6, 6.07) is -0.252. The summed E-state index contributed by atoms with van der Waals surface area (Å²) in [5.74, 6) is 0. The first-order valence-corrected chi connectivity index (χ1v) is 3.87. The summed E-state index contributed by atoms with van der Waals surface area (Å²) in [4.78, 5) is 21.0. The molecule has 2 amide bonds. The lowest BCUT2D eigenvalue weighted by molar-refractivity contribution is 0.0721. The van der Waals surface area contributed by atoms with E-state index in [4.69, 9.17) is 0 Å². The summed E-state index contributed by atoms with van der Waals surface area (Å²) in [6.45, 7) is 0.688. The smallest absolute Gasteiger partial charge is 0.438 e. The zero-order valence-electron chi connectivity index (χ0n) is 7.75. The number of methoxy groups -OCH3 is 1. The van der Waals surface area contributed by atoms with Gasteiger partial charge in [-0.2, -0.15) is 0 Å². The molecule has 76 valence electrons. The molecule has 0 aliphatic carbocycles. The number of carbonyl (C=O) groups is 2. The van der Waals surface area contributed by atoms with Crippen molar-refractivity contribution >= 4 is 12.2 Å². The molecular weight excluding hydrogens is 176 g/mol. The fourth-order valence-corrected chi connectivity index (χ4v) is 0.577. The number of ether oxygens (including phenoxy) is 2. The van der Waals surface area contributed by atoms with E-state index in [9.17, 15) is 9.59 Å². The van der Waals surface area contributed by atoms with Gasteiger partial charge >= 0.3 is 12.2 Å². The maximum atomic E-state index is 10.6.